The van der Waals surface area contributed by atoms with Crippen LogP contribution in [-0.2, 0) is 19.1 Å². The predicted molar refractivity (Wildman–Crippen MR) is 128 cm³/mol. The number of nitrogens with one attached hydrogen (secondary N) is 1. The Labute approximate surface area is 204 Å². The molecular weight excluding hydrogens is 448 g/mol. The highest BCUT2D eigenvalue weighted by Crippen LogP contribution is 2.44. The number of carbonyl (C=O) groups is 3. The summed E-state index contributed by atoms with van der Waals surface area (Å²) in [4.78, 5) is 38.7. The van der Waals surface area contributed by atoms with Crippen molar-refractivity contribution in [2.24, 2.45) is 5.92 Å². The van der Waals surface area contributed by atoms with Crippen LogP contribution in [0.15, 0.2) is 48.5 Å². The Balaban J connectivity index is 1.17. The lowest BCUT2D eigenvalue weighted by Crippen LogP contribution is -2.53. The number of piperidine rings is 1. The molecule has 2 saturated heterocycles. The van der Waals surface area contributed by atoms with Crippen LogP contribution < -0.4 is 5.32 Å². The van der Waals surface area contributed by atoms with Gasteiger partial charge in [-0.3, -0.25) is 4.79 Å². The van der Waals surface area contributed by atoms with Crippen LogP contribution in [0.5, 0.6) is 0 Å². The summed E-state index contributed by atoms with van der Waals surface area (Å²) in [6.07, 6.45) is 1.36. The van der Waals surface area contributed by atoms with Gasteiger partial charge in [0.15, 0.2) is 0 Å². The Morgan fingerprint density at radius 1 is 1.00 bits per heavy atom. The minimum Gasteiger partial charge on any atom is -0.480 e. The largest absolute Gasteiger partial charge is 0.480 e. The van der Waals surface area contributed by atoms with Gasteiger partial charge in [0.25, 0.3) is 5.91 Å². The number of ether oxygens (including phenoxy) is 2. The van der Waals surface area contributed by atoms with E-state index in [0.29, 0.717) is 26.0 Å². The number of benzene rings is 2. The van der Waals surface area contributed by atoms with Crippen molar-refractivity contribution < 1.29 is 29.0 Å². The van der Waals surface area contributed by atoms with Gasteiger partial charge >= 0.3 is 12.1 Å². The molecule has 8 heteroatoms. The lowest BCUT2D eigenvalue weighted by atomic mass is 9.96. The van der Waals surface area contributed by atoms with Gasteiger partial charge in [-0.1, -0.05) is 48.5 Å². The summed E-state index contributed by atoms with van der Waals surface area (Å²) >= 11 is 0. The number of aliphatic carboxylic acids is 1. The molecule has 2 heterocycles. The molecule has 5 rings (SSSR count). The highest BCUT2D eigenvalue weighted by atomic mass is 16.5. The Morgan fingerprint density at radius 3 is 2.37 bits per heavy atom. The van der Waals surface area contributed by atoms with E-state index < -0.39 is 24.2 Å². The second-order valence-electron chi connectivity index (χ2n) is 9.43. The molecule has 2 aromatic carbocycles. The molecule has 3 aliphatic rings. The summed E-state index contributed by atoms with van der Waals surface area (Å²) in [5, 5.41) is 12.3. The van der Waals surface area contributed by atoms with Gasteiger partial charge in [-0.05, 0) is 47.9 Å². The highest BCUT2D eigenvalue weighted by Gasteiger charge is 2.41. The summed E-state index contributed by atoms with van der Waals surface area (Å²) in [6, 6.07) is 15.5. The van der Waals surface area contributed by atoms with Crippen molar-refractivity contribution in [3.05, 3.63) is 59.7 Å². The maximum Gasteiger partial charge on any atom is 0.407 e. The van der Waals surface area contributed by atoms with Gasteiger partial charge in [-0.25, -0.2) is 9.59 Å². The van der Waals surface area contributed by atoms with Crippen LogP contribution >= 0.6 is 0 Å². The van der Waals surface area contributed by atoms with Gasteiger partial charge < -0.3 is 24.8 Å². The lowest BCUT2D eigenvalue weighted by molar-refractivity contribution is -0.157. The number of carbonyl (C=O) groups excluding carboxylic acids is 2. The van der Waals surface area contributed by atoms with Crippen LogP contribution in [-0.4, -0.2) is 66.4 Å². The molecule has 184 valence electrons. The maximum absolute atomic E-state index is 13.1. The van der Waals surface area contributed by atoms with Crippen LogP contribution in [0.4, 0.5) is 4.79 Å². The molecule has 2 aliphatic heterocycles. The van der Waals surface area contributed by atoms with Crippen molar-refractivity contribution >= 4 is 18.0 Å². The highest BCUT2D eigenvalue weighted by molar-refractivity contribution is 5.87. The van der Waals surface area contributed by atoms with E-state index in [0.717, 1.165) is 24.0 Å². The van der Waals surface area contributed by atoms with Gasteiger partial charge in [-0.2, -0.15) is 0 Å². The van der Waals surface area contributed by atoms with E-state index in [1.54, 1.807) is 0 Å². The fourth-order valence-electron chi connectivity index (χ4n) is 5.60. The van der Waals surface area contributed by atoms with E-state index >= 15 is 0 Å². The Morgan fingerprint density at radius 2 is 1.69 bits per heavy atom. The van der Waals surface area contributed by atoms with E-state index in [9.17, 15) is 19.5 Å². The number of hydrogen-bond donors (Lipinski definition) is 2. The van der Waals surface area contributed by atoms with Crippen LogP contribution in [0.1, 0.15) is 42.7 Å². The summed E-state index contributed by atoms with van der Waals surface area (Å²) < 4.78 is 11.3. The Hall–Kier alpha value is -3.39. The molecule has 2 amide bonds. The molecular formula is C27H30N2O6. The number of rotatable bonds is 6. The van der Waals surface area contributed by atoms with Crippen LogP contribution in [0.25, 0.3) is 11.1 Å². The third kappa shape index (κ3) is 4.62. The minimum absolute atomic E-state index is 0.0238. The number of alkyl carbamates (subject to hydrolysis) is 1. The standard InChI is InChI=1S/C27H30N2O6/c30-25(29-13-6-5-11-23(29)26(31)32)24-17(12-14-34-24)15-28-27(33)35-16-22-20-9-3-1-7-18(20)19-8-2-4-10-21(19)22/h1-4,7-10,17,22-24H,5-6,11-16H2,(H,28,33)(H,31,32)/t17?,23-,24?/m1/s1. The SMILES string of the molecule is O=C(NCC1CCOC1C(=O)N1CCCC[C@@H]1C(=O)O)OCC1c2ccccc2-c2ccccc21. The minimum atomic E-state index is -0.982. The molecule has 35 heavy (non-hydrogen) atoms. The number of likely N-dealkylation sites (tertiary alicyclic amines) is 1. The molecule has 0 saturated carbocycles. The first kappa shape index (κ1) is 23.4. The molecule has 0 aromatic heterocycles. The quantitative estimate of drug-likeness (QED) is 0.659. The predicted octanol–water partition coefficient (Wildman–Crippen LogP) is 3.40. The van der Waals surface area contributed by atoms with E-state index in [-0.39, 0.29) is 30.9 Å². The fraction of sp³-hybridized carbons (Fsp3) is 0.444. The van der Waals surface area contributed by atoms with Crippen molar-refractivity contribution in [2.75, 3.05) is 26.3 Å². The number of hydrogen-bond acceptors (Lipinski definition) is 5. The number of amides is 2. The number of carboxylic acids is 1. The second-order valence-corrected chi connectivity index (χ2v) is 9.43. The summed E-state index contributed by atoms with van der Waals surface area (Å²) in [6.45, 7) is 1.28. The van der Waals surface area contributed by atoms with Crippen molar-refractivity contribution in [1.82, 2.24) is 10.2 Å². The molecule has 1 aliphatic carbocycles. The molecule has 0 spiro atoms. The zero-order valence-electron chi connectivity index (χ0n) is 19.5. The van der Waals surface area contributed by atoms with Gasteiger partial charge in [0, 0.05) is 31.5 Å². The fourth-order valence-corrected chi connectivity index (χ4v) is 5.60. The first-order chi connectivity index (χ1) is 17.0. The Bertz CT molecular complexity index is 1070. The van der Waals surface area contributed by atoms with Gasteiger partial charge in [0.1, 0.15) is 18.8 Å². The molecule has 3 atom stereocenters. The number of fused-ring (bicyclic) bond motifs is 3. The first-order valence-electron chi connectivity index (χ1n) is 12.3. The number of nitrogens with zero attached hydrogens (tertiary/aromatic N) is 1. The van der Waals surface area contributed by atoms with Gasteiger partial charge in [0.2, 0.25) is 0 Å². The van der Waals surface area contributed by atoms with Crippen LogP contribution in [0, 0.1) is 5.92 Å². The third-order valence-corrected chi connectivity index (χ3v) is 7.38. The van der Waals surface area contributed by atoms with Crippen molar-refractivity contribution in [3.8, 4) is 11.1 Å². The van der Waals surface area contributed by atoms with E-state index in [1.165, 1.54) is 16.0 Å². The summed E-state index contributed by atoms with van der Waals surface area (Å²) in [7, 11) is 0. The van der Waals surface area contributed by atoms with E-state index in [4.69, 9.17) is 9.47 Å². The lowest BCUT2D eigenvalue weighted by Gasteiger charge is -2.35. The van der Waals surface area contributed by atoms with Crippen molar-refractivity contribution in [2.45, 2.75) is 43.7 Å². The molecule has 8 nitrogen and oxygen atoms in total. The van der Waals surface area contributed by atoms with Crippen molar-refractivity contribution in [3.63, 3.8) is 0 Å². The zero-order chi connectivity index (χ0) is 24.4. The van der Waals surface area contributed by atoms with E-state index in [2.05, 4.69) is 29.6 Å². The molecule has 2 fully saturated rings. The summed E-state index contributed by atoms with van der Waals surface area (Å²) in [5.41, 5.74) is 4.62. The average Bonchev–Trinajstić information content (AvgIpc) is 3.48. The molecule has 2 unspecified atom stereocenters. The maximum atomic E-state index is 13.1. The Kier molecular flexibility index (Phi) is 6.72. The second kappa shape index (κ2) is 10.1. The smallest absolute Gasteiger partial charge is 0.407 e. The van der Waals surface area contributed by atoms with E-state index in [1.807, 2.05) is 24.3 Å². The molecule has 2 aromatic rings. The summed E-state index contributed by atoms with van der Waals surface area (Å²) in [5.74, 6) is -1.53. The first-order valence-corrected chi connectivity index (χ1v) is 12.3. The van der Waals surface area contributed by atoms with Gasteiger partial charge in [-0.15, -0.1) is 0 Å². The molecule has 0 bridgehead atoms. The third-order valence-electron chi connectivity index (χ3n) is 7.38. The average molecular weight is 479 g/mol. The monoisotopic (exact) mass is 478 g/mol. The number of carboxylic acid groups (broad SMARTS) is 1. The topological polar surface area (TPSA) is 105 Å². The van der Waals surface area contributed by atoms with Crippen LogP contribution in [0.2, 0.25) is 0 Å². The zero-order valence-corrected chi connectivity index (χ0v) is 19.5. The van der Waals surface area contributed by atoms with Gasteiger partial charge in [0.05, 0.1) is 0 Å². The molecule has 2 N–H and O–H groups in total. The van der Waals surface area contributed by atoms with Crippen LogP contribution in [0.3, 0.4) is 0 Å². The molecule has 0 radical (unpaired) electrons. The van der Waals surface area contributed by atoms with Crippen molar-refractivity contribution in [1.29, 1.82) is 0 Å². The normalized spacial score (nSPS) is 23.4.